The Morgan fingerprint density at radius 2 is 2.11 bits per heavy atom. The van der Waals surface area contributed by atoms with Crippen LogP contribution in [0.1, 0.15) is 25.7 Å². The Labute approximate surface area is 107 Å². The van der Waals surface area contributed by atoms with Crippen molar-refractivity contribution in [1.82, 2.24) is 10.2 Å². The molecule has 1 aliphatic rings. The molecule has 0 unspecified atom stereocenters. The van der Waals surface area contributed by atoms with Gasteiger partial charge in [-0.1, -0.05) is 0 Å². The molecular formula is C12H22N2O4. The van der Waals surface area contributed by atoms with E-state index in [4.69, 9.17) is 9.84 Å². The Kier molecular flexibility index (Phi) is 6.49. The van der Waals surface area contributed by atoms with Crippen LogP contribution < -0.4 is 5.32 Å². The second kappa shape index (κ2) is 7.92. The summed E-state index contributed by atoms with van der Waals surface area (Å²) in [6.45, 7) is 1.70. The predicted octanol–water partition coefficient (Wildman–Crippen LogP) is 0.918. The molecule has 1 aliphatic carbocycles. The number of nitrogens with one attached hydrogen (secondary N) is 1. The van der Waals surface area contributed by atoms with Crippen molar-refractivity contribution in [2.75, 3.05) is 26.8 Å². The highest BCUT2D eigenvalue weighted by Gasteiger charge is 2.25. The Balaban J connectivity index is 2.28. The molecule has 0 aromatic rings. The highest BCUT2D eigenvalue weighted by molar-refractivity contribution is 5.64. The fraction of sp³-hybridized carbons (Fsp3) is 0.833. The van der Waals surface area contributed by atoms with Crippen molar-refractivity contribution in [2.24, 2.45) is 5.92 Å². The number of nitrogens with zero attached hydrogens (tertiary/aromatic N) is 1. The molecule has 0 spiro atoms. The highest BCUT2D eigenvalue weighted by Crippen LogP contribution is 2.26. The lowest BCUT2D eigenvalue weighted by molar-refractivity contribution is -0.121. The van der Waals surface area contributed by atoms with Gasteiger partial charge in [-0.15, -0.1) is 0 Å². The molecule has 2 amide bonds. The van der Waals surface area contributed by atoms with E-state index >= 15 is 0 Å². The summed E-state index contributed by atoms with van der Waals surface area (Å²) in [5.41, 5.74) is 0. The largest absolute Gasteiger partial charge is 0.465 e. The van der Waals surface area contributed by atoms with Crippen molar-refractivity contribution in [3.05, 3.63) is 0 Å². The number of carboxylic acid groups (broad SMARTS) is 1. The van der Waals surface area contributed by atoms with Gasteiger partial charge in [0.2, 0.25) is 6.41 Å². The van der Waals surface area contributed by atoms with Crippen molar-refractivity contribution in [1.29, 1.82) is 0 Å². The van der Waals surface area contributed by atoms with Crippen molar-refractivity contribution in [2.45, 2.75) is 31.7 Å². The van der Waals surface area contributed by atoms with Gasteiger partial charge < -0.3 is 20.1 Å². The molecule has 0 bridgehead atoms. The maximum absolute atomic E-state index is 11.0. The van der Waals surface area contributed by atoms with Crippen LogP contribution in [-0.2, 0) is 9.53 Å². The van der Waals surface area contributed by atoms with Crippen molar-refractivity contribution in [3.8, 4) is 0 Å². The van der Waals surface area contributed by atoms with Crippen LogP contribution in [-0.4, -0.2) is 55.4 Å². The molecule has 18 heavy (non-hydrogen) atoms. The molecule has 0 heterocycles. The number of amides is 2. The smallest absolute Gasteiger partial charge is 0.404 e. The van der Waals surface area contributed by atoms with E-state index in [0.29, 0.717) is 25.6 Å². The van der Waals surface area contributed by atoms with Gasteiger partial charge in [-0.05, 0) is 31.6 Å². The summed E-state index contributed by atoms with van der Waals surface area (Å²) in [7, 11) is 1.62. The summed E-state index contributed by atoms with van der Waals surface area (Å²) in [6.07, 6.45) is 3.72. The lowest BCUT2D eigenvalue weighted by Crippen LogP contribution is -2.40. The van der Waals surface area contributed by atoms with Gasteiger partial charge in [0.15, 0.2) is 0 Å². The normalized spacial score (nSPS) is 23.4. The monoisotopic (exact) mass is 258 g/mol. The average molecular weight is 258 g/mol. The quantitative estimate of drug-likeness (QED) is 0.665. The molecule has 1 fully saturated rings. The number of ether oxygens (including phenoxy) is 1. The molecule has 1 rings (SSSR count). The molecule has 0 saturated heterocycles. The van der Waals surface area contributed by atoms with Crippen LogP contribution in [0.3, 0.4) is 0 Å². The fourth-order valence-corrected chi connectivity index (χ4v) is 2.43. The van der Waals surface area contributed by atoms with Gasteiger partial charge in [-0.25, -0.2) is 4.79 Å². The van der Waals surface area contributed by atoms with Gasteiger partial charge in [0.05, 0.1) is 6.61 Å². The maximum atomic E-state index is 11.0. The van der Waals surface area contributed by atoms with Crippen LogP contribution in [0.5, 0.6) is 0 Å². The Morgan fingerprint density at radius 1 is 1.44 bits per heavy atom. The van der Waals surface area contributed by atoms with E-state index in [1.54, 1.807) is 12.0 Å². The molecule has 6 heteroatoms. The molecule has 0 aliphatic heterocycles. The molecule has 104 valence electrons. The Hall–Kier alpha value is -1.30. The zero-order valence-corrected chi connectivity index (χ0v) is 10.8. The minimum absolute atomic E-state index is 0.277. The van der Waals surface area contributed by atoms with E-state index in [0.717, 1.165) is 32.1 Å². The second-order valence-corrected chi connectivity index (χ2v) is 4.70. The molecule has 0 radical (unpaired) electrons. The Morgan fingerprint density at radius 3 is 2.61 bits per heavy atom. The van der Waals surface area contributed by atoms with Crippen molar-refractivity contribution >= 4 is 12.5 Å². The van der Waals surface area contributed by atoms with Crippen molar-refractivity contribution < 1.29 is 19.4 Å². The van der Waals surface area contributed by atoms with Crippen LogP contribution in [0.25, 0.3) is 0 Å². The van der Waals surface area contributed by atoms with Crippen LogP contribution in [0.15, 0.2) is 0 Å². The number of carbonyl (C=O) groups is 2. The van der Waals surface area contributed by atoms with E-state index in [-0.39, 0.29) is 6.04 Å². The third-order valence-corrected chi connectivity index (χ3v) is 3.52. The second-order valence-electron chi connectivity index (χ2n) is 4.70. The molecule has 0 atom stereocenters. The summed E-state index contributed by atoms with van der Waals surface area (Å²) in [4.78, 5) is 23.2. The van der Waals surface area contributed by atoms with Gasteiger partial charge in [0.1, 0.15) is 0 Å². The summed E-state index contributed by atoms with van der Waals surface area (Å²) in [5.74, 6) is 0.397. The molecule has 0 aromatic heterocycles. The van der Waals surface area contributed by atoms with E-state index in [2.05, 4.69) is 5.32 Å². The summed E-state index contributed by atoms with van der Waals surface area (Å²) in [6, 6.07) is 0.277. The summed E-state index contributed by atoms with van der Waals surface area (Å²) < 4.78 is 4.98. The molecule has 0 aromatic carbocycles. The highest BCUT2D eigenvalue weighted by atomic mass is 16.5. The number of rotatable bonds is 7. The summed E-state index contributed by atoms with van der Waals surface area (Å²) in [5, 5.41) is 11.0. The summed E-state index contributed by atoms with van der Waals surface area (Å²) >= 11 is 0. The van der Waals surface area contributed by atoms with E-state index < -0.39 is 6.09 Å². The number of hydrogen-bond acceptors (Lipinski definition) is 3. The number of carbonyl (C=O) groups excluding carboxylic acids is 1. The third kappa shape index (κ3) is 4.91. The molecular weight excluding hydrogens is 236 g/mol. The van der Waals surface area contributed by atoms with Gasteiger partial charge in [0, 0.05) is 26.2 Å². The Bertz CT molecular complexity index is 265. The van der Waals surface area contributed by atoms with Crippen LogP contribution in [0, 0.1) is 5.92 Å². The maximum Gasteiger partial charge on any atom is 0.404 e. The minimum Gasteiger partial charge on any atom is -0.465 e. The first-order valence-electron chi connectivity index (χ1n) is 6.34. The van der Waals surface area contributed by atoms with Crippen LogP contribution >= 0.6 is 0 Å². The zero-order valence-electron chi connectivity index (χ0n) is 10.8. The zero-order chi connectivity index (χ0) is 13.4. The topological polar surface area (TPSA) is 78.9 Å². The van der Waals surface area contributed by atoms with Gasteiger partial charge in [0.25, 0.3) is 0 Å². The van der Waals surface area contributed by atoms with Gasteiger partial charge >= 0.3 is 6.09 Å². The fourth-order valence-electron chi connectivity index (χ4n) is 2.43. The first-order valence-corrected chi connectivity index (χ1v) is 6.34. The van der Waals surface area contributed by atoms with E-state index in [1.807, 2.05) is 0 Å². The van der Waals surface area contributed by atoms with E-state index in [9.17, 15) is 9.59 Å². The minimum atomic E-state index is -0.966. The van der Waals surface area contributed by atoms with Gasteiger partial charge in [-0.3, -0.25) is 4.79 Å². The predicted molar refractivity (Wildman–Crippen MR) is 66.4 cm³/mol. The lowest BCUT2D eigenvalue weighted by atomic mass is 9.85. The number of methoxy groups -OCH3 is 1. The molecule has 1 saturated carbocycles. The first kappa shape index (κ1) is 14.8. The van der Waals surface area contributed by atoms with Crippen LogP contribution in [0.2, 0.25) is 0 Å². The van der Waals surface area contributed by atoms with Crippen molar-refractivity contribution in [3.63, 3.8) is 0 Å². The van der Waals surface area contributed by atoms with E-state index in [1.165, 1.54) is 0 Å². The lowest BCUT2D eigenvalue weighted by Gasteiger charge is -2.34. The standard InChI is InChI=1S/C12H22N2O4/c1-18-7-6-14(9-15)11-4-2-10(3-5-11)8-13-12(16)17/h9-11,13H,2-8H2,1H3,(H,16,17). The SMILES string of the molecule is COCCN(C=O)C1CCC(CNC(=O)O)CC1. The average Bonchev–Trinajstić information content (AvgIpc) is 2.38. The molecule has 2 N–H and O–H groups in total. The first-order chi connectivity index (χ1) is 8.67. The third-order valence-electron chi connectivity index (χ3n) is 3.52. The molecule has 6 nitrogen and oxygen atoms in total. The number of hydrogen-bond donors (Lipinski definition) is 2. The van der Waals surface area contributed by atoms with Gasteiger partial charge in [-0.2, -0.15) is 0 Å². The van der Waals surface area contributed by atoms with Crippen LogP contribution in [0.4, 0.5) is 4.79 Å².